The number of carbonyl (C=O) groups is 1. The van der Waals surface area contributed by atoms with Crippen molar-refractivity contribution in [2.24, 2.45) is 5.41 Å². The van der Waals surface area contributed by atoms with Crippen molar-refractivity contribution in [3.63, 3.8) is 0 Å². The molecule has 2 saturated heterocycles. The maximum absolute atomic E-state index is 11.3. The van der Waals surface area contributed by atoms with Crippen molar-refractivity contribution in [3.8, 4) is 0 Å². The van der Waals surface area contributed by atoms with Crippen molar-refractivity contribution in [1.29, 1.82) is 0 Å². The molecule has 0 aliphatic carbocycles. The van der Waals surface area contributed by atoms with Gasteiger partial charge in [-0.25, -0.2) is 0 Å². The van der Waals surface area contributed by atoms with Crippen LogP contribution in [0, 0.1) is 5.41 Å². The maximum Gasteiger partial charge on any atom is 0.451 e. The van der Waals surface area contributed by atoms with Gasteiger partial charge in [0.05, 0.1) is 0 Å². The molecule has 7 heteroatoms. The summed E-state index contributed by atoms with van der Waals surface area (Å²) in [5, 5.41) is 32.9. The minimum Gasteiger partial charge on any atom is -0.480 e. The van der Waals surface area contributed by atoms with Crippen LogP contribution in [0.4, 0.5) is 0 Å². The van der Waals surface area contributed by atoms with Gasteiger partial charge in [0.25, 0.3) is 0 Å². The molecule has 0 aromatic carbocycles. The summed E-state index contributed by atoms with van der Waals surface area (Å²) in [4.78, 5) is 11.3. The smallest absolute Gasteiger partial charge is 0.451 e. The molecule has 16 heavy (non-hydrogen) atoms. The van der Waals surface area contributed by atoms with Crippen molar-refractivity contribution in [2.75, 3.05) is 19.6 Å². The number of aliphatic carboxylic acids is 1. The van der Waals surface area contributed by atoms with Gasteiger partial charge in [-0.2, -0.15) is 0 Å². The van der Waals surface area contributed by atoms with Crippen LogP contribution in [0.3, 0.4) is 0 Å². The van der Waals surface area contributed by atoms with E-state index in [0.29, 0.717) is 38.8 Å². The molecule has 6 nitrogen and oxygen atoms in total. The van der Waals surface area contributed by atoms with Crippen LogP contribution in [0.5, 0.6) is 0 Å². The summed E-state index contributed by atoms with van der Waals surface area (Å²) in [6.07, 6.45) is 1.64. The highest BCUT2D eigenvalue weighted by molar-refractivity contribution is 6.40. The number of hydrogen-bond acceptors (Lipinski definition) is 5. The molecule has 0 spiro atoms. The first-order valence-electron chi connectivity index (χ1n) is 5.58. The predicted molar refractivity (Wildman–Crippen MR) is 57.9 cm³/mol. The Morgan fingerprint density at radius 3 is 2.56 bits per heavy atom. The van der Waals surface area contributed by atoms with Crippen LogP contribution >= 0.6 is 0 Å². The molecule has 0 bridgehead atoms. The fraction of sp³-hybridized carbons (Fsp3) is 0.889. The van der Waals surface area contributed by atoms with Crippen molar-refractivity contribution in [3.05, 3.63) is 0 Å². The lowest BCUT2D eigenvalue weighted by Gasteiger charge is -2.53. The van der Waals surface area contributed by atoms with Gasteiger partial charge in [0, 0.05) is 25.0 Å². The van der Waals surface area contributed by atoms with Crippen LogP contribution in [-0.4, -0.2) is 53.4 Å². The molecule has 0 unspecified atom stereocenters. The summed E-state index contributed by atoms with van der Waals surface area (Å²) in [5.41, 5.74) is -1.10. The zero-order valence-corrected chi connectivity index (χ0v) is 9.07. The molecule has 5 N–H and O–H groups in total. The number of rotatable bonds is 5. The molecule has 0 aromatic heterocycles. The Morgan fingerprint density at radius 2 is 2.06 bits per heavy atom. The summed E-state index contributed by atoms with van der Waals surface area (Å²) in [7, 11) is -1.29. The van der Waals surface area contributed by atoms with Gasteiger partial charge in [-0.05, 0) is 12.7 Å². The number of carboxylic acid groups (broad SMARTS) is 1. The first kappa shape index (κ1) is 11.8. The van der Waals surface area contributed by atoms with E-state index in [9.17, 15) is 9.90 Å². The lowest BCUT2D eigenvalue weighted by atomic mass is 9.61. The molecule has 0 aromatic rings. The third-order valence-corrected chi connectivity index (χ3v) is 3.97. The molecule has 2 atom stereocenters. The molecule has 2 rings (SSSR count). The SMILES string of the molecule is O=C(O)[C@]12CNC[C@@]1(CCCB(O)O)CN2. The number of carboxylic acids is 1. The minimum absolute atomic E-state index is 0.256. The summed E-state index contributed by atoms with van der Waals surface area (Å²) >= 11 is 0. The van der Waals surface area contributed by atoms with E-state index in [2.05, 4.69) is 10.6 Å². The Labute approximate surface area is 94.2 Å². The zero-order valence-electron chi connectivity index (χ0n) is 9.07. The quantitative estimate of drug-likeness (QED) is 0.358. The molecule has 2 aliphatic heterocycles. The fourth-order valence-corrected chi connectivity index (χ4v) is 2.90. The minimum atomic E-state index is -1.29. The monoisotopic (exact) mass is 228 g/mol. The van der Waals surface area contributed by atoms with E-state index in [0.717, 1.165) is 0 Å². The highest BCUT2D eigenvalue weighted by Crippen LogP contribution is 2.46. The first-order valence-corrected chi connectivity index (χ1v) is 5.58. The third-order valence-electron chi connectivity index (χ3n) is 3.97. The molecule has 2 heterocycles. The average molecular weight is 228 g/mol. The largest absolute Gasteiger partial charge is 0.480 e. The van der Waals surface area contributed by atoms with Crippen molar-refractivity contribution >= 4 is 13.1 Å². The second-order valence-corrected chi connectivity index (χ2v) is 4.82. The van der Waals surface area contributed by atoms with Crippen LogP contribution in [0.1, 0.15) is 12.8 Å². The normalized spacial score (nSPS) is 36.6. The number of nitrogens with one attached hydrogen (secondary N) is 2. The van der Waals surface area contributed by atoms with Crippen molar-refractivity contribution < 1.29 is 19.9 Å². The first-order chi connectivity index (χ1) is 7.52. The zero-order chi connectivity index (χ0) is 11.8. The highest BCUT2D eigenvalue weighted by atomic mass is 16.4. The molecular weight excluding hydrogens is 211 g/mol. The summed E-state index contributed by atoms with van der Waals surface area (Å²) < 4.78 is 0. The highest BCUT2D eigenvalue weighted by Gasteiger charge is 2.66. The number of hydrogen-bond donors (Lipinski definition) is 5. The van der Waals surface area contributed by atoms with E-state index in [1.807, 2.05) is 0 Å². The Bertz CT molecular complexity index is 301. The topological polar surface area (TPSA) is 102 Å². The van der Waals surface area contributed by atoms with E-state index < -0.39 is 18.6 Å². The summed E-state index contributed by atoms with van der Waals surface area (Å²) in [5.74, 6) is -0.812. The number of fused-ring (bicyclic) bond motifs is 1. The molecule has 2 aliphatic rings. The van der Waals surface area contributed by atoms with Crippen LogP contribution in [0.2, 0.25) is 6.32 Å². The molecule has 0 radical (unpaired) electrons. The van der Waals surface area contributed by atoms with Gasteiger partial charge in [0.2, 0.25) is 0 Å². The molecule has 2 fully saturated rings. The van der Waals surface area contributed by atoms with Gasteiger partial charge >= 0.3 is 13.1 Å². The average Bonchev–Trinajstić information content (AvgIpc) is 2.41. The van der Waals surface area contributed by atoms with E-state index in [-0.39, 0.29) is 5.41 Å². The lowest BCUT2D eigenvalue weighted by Crippen LogP contribution is -2.76. The van der Waals surface area contributed by atoms with Crippen molar-refractivity contribution in [1.82, 2.24) is 10.6 Å². The van der Waals surface area contributed by atoms with Crippen LogP contribution in [0.25, 0.3) is 0 Å². The molecule has 0 saturated carbocycles. The predicted octanol–water partition coefficient (Wildman–Crippen LogP) is -1.74. The Balaban J connectivity index is 1.99. The van der Waals surface area contributed by atoms with Gasteiger partial charge in [0.15, 0.2) is 0 Å². The maximum atomic E-state index is 11.3. The molecule has 0 amide bonds. The van der Waals surface area contributed by atoms with Gasteiger partial charge in [-0.15, -0.1) is 0 Å². The Kier molecular flexibility index (Phi) is 2.96. The van der Waals surface area contributed by atoms with Crippen LogP contribution in [-0.2, 0) is 4.79 Å². The van der Waals surface area contributed by atoms with E-state index in [1.165, 1.54) is 0 Å². The third kappa shape index (κ3) is 1.55. The second-order valence-electron chi connectivity index (χ2n) is 4.82. The van der Waals surface area contributed by atoms with Crippen molar-refractivity contribution in [2.45, 2.75) is 24.7 Å². The Hall–Kier alpha value is -0.625. The van der Waals surface area contributed by atoms with Gasteiger partial charge in [-0.1, -0.05) is 6.42 Å². The van der Waals surface area contributed by atoms with Gasteiger partial charge in [-0.3, -0.25) is 10.1 Å². The lowest BCUT2D eigenvalue weighted by molar-refractivity contribution is -0.156. The van der Waals surface area contributed by atoms with E-state index in [1.54, 1.807) is 0 Å². The summed E-state index contributed by atoms with van der Waals surface area (Å²) in [6, 6.07) is 0. The second kappa shape index (κ2) is 3.99. The van der Waals surface area contributed by atoms with Crippen LogP contribution < -0.4 is 10.6 Å². The Morgan fingerprint density at radius 1 is 1.31 bits per heavy atom. The van der Waals surface area contributed by atoms with Gasteiger partial charge in [0.1, 0.15) is 5.54 Å². The molecule has 90 valence electrons. The van der Waals surface area contributed by atoms with Gasteiger partial charge < -0.3 is 20.5 Å². The van der Waals surface area contributed by atoms with Crippen LogP contribution in [0.15, 0.2) is 0 Å². The van der Waals surface area contributed by atoms with E-state index >= 15 is 0 Å². The van der Waals surface area contributed by atoms with E-state index in [4.69, 9.17) is 10.0 Å². The fourth-order valence-electron chi connectivity index (χ4n) is 2.90. The molecular formula is C9H17BN2O4. The summed E-state index contributed by atoms with van der Waals surface area (Å²) in [6.45, 7) is 1.83. The standard InChI is InChI=1S/C9H17BN2O4/c13-7(14)9-6-11-4-8(9,5-12-9)2-1-3-10(15)16/h11-12,15-16H,1-6H2,(H,13,14)/t8-,9+/m0/s1.